The average molecular weight is 504 g/mol. The van der Waals surface area contributed by atoms with Gasteiger partial charge in [-0.25, -0.2) is 13.9 Å². The van der Waals surface area contributed by atoms with Crippen molar-refractivity contribution in [2.75, 3.05) is 50.9 Å². The molecule has 32 heavy (non-hydrogen) atoms. The van der Waals surface area contributed by atoms with Gasteiger partial charge in [-0.3, -0.25) is 10.0 Å². The maximum atomic E-state index is 13.3. The third kappa shape index (κ3) is 5.57. The van der Waals surface area contributed by atoms with Crippen LogP contribution >= 0.6 is 12.4 Å². The van der Waals surface area contributed by atoms with E-state index in [1.54, 1.807) is 12.1 Å². The van der Waals surface area contributed by atoms with Crippen molar-refractivity contribution in [3.05, 3.63) is 24.3 Å². The highest BCUT2D eigenvalue weighted by atomic mass is 35.5. The zero-order chi connectivity index (χ0) is 22.7. The van der Waals surface area contributed by atoms with Crippen LogP contribution in [0.3, 0.4) is 0 Å². The van der Waals surface area contributed by atoms with Crippen LogP contribution in [0.5, 0.6) is 5.75 Å². The van der Waals surface area contributed by atoms with Crippen molar-refractivity contribution in [2.45, 2.75) is 23.8 Å². The second-order valence-electron chi connectivity index (χ2n) is 7.34. The van der Waals surface area contributed by atoms with E-state index in [1.165, 1.54) is 21.9 Å². The van der Waals surface area contributed by atoms with Crippen molar-refractivity contribution < 1.29 is 41.1 Å². The van der Waals surface area contributed by atoms with Gasteiger partial charge in [0.25, 0.3) is 5.91 Å². The monoisotopic (exact) mass is 503 g/mol. The molecule has 1 aromatic carbocycles. The molecule has 2 heterocycles. The molecule has 1 amide bonds. The standard InChI is InChI=1S/C18H24F3N3O6S.ClH/c19-18(20,21)13-30-15-3-1-14(2-4-15)23-7-9-24(10-8-23)31(27,28)17(16(25)22-26)5-11-29-12-6-17;/h1-4,26H,5-13H2,(H,22,25);1H. The van der Waals surface area contributed by atoms with Gasteiger partial charge >= 0.3 is 6.18 Å². The van der Waals surface area contributed by atoms with Crippen molar-refractivity contribution in [3.8, 4) is 5.75 Å². The quantitative estimate of drug-likeness (QED) is 0.448. The third-order valence-electron chi connectivity index (χ3n) is 5.49. The van der Waals surface area contributed by atoms with Crippen LogP contribution in [0.25, 0.3) is 0 Å². The fourth-order valence-corrected chi connectivity index (χ4v) is 5.86. The molecular formula is C18H25ClF3N3O6S. The molecule has 9 nitrogen and oxygen atoms in total. The number of sulfonamides is 1. The van der Waals surface area contributed by atoms with E-state index in [0.29, 0.717) is 18.8 Å². The summed E-state index contributed by atoms with van der Waals surface area (Å²) in [6, 6.07) is 6.06. The highest BCUT2D eigenvalue weighted by molar-refractivity contribution is 7.91. The summed E-state index contributed by atoms with van der Waals surface area (Å²) < 4.78 is 72.6. The number of carbonyl (C=O) groups excluding carboxylic acids is 1. The Balaban J connectivity index is 0.00000363. The first-order chi connectivity index (χ1) is 14.6. The Labute approximate surface area is 189 Å². The summed E-state index contributed by atoms with van der Waals surface area (Å²) >= 11 is 0. The van der Waals surface area contributed by atoms with Crippen molar-refractivity contribution in [1.29, 1.82) is 0 Å². The van der Waals surface area contributed by atoms with Gasteiger partial charge in [-0.15, -0.1) is 12.4 Å². The lowest BCUT2D eigenvalue weighted by molar-refractivity contribution is -0.153. The summed E-state index contributed by atoms with van der Waals surface area (Å²) in [5.41, 5.74) is 2.20. The van der Waals surface area contributed by atoms with Crippen molar-refractivity contribution >= 4 is 34.0 Å². The number of halogens is 4. The summed E-state index contributed by atoms with van der Waals surface area (Å²) in [5, 5.41) is 9.11. The molecule has 0 unspecified atom stereocenters. The molecule has 0 aliphatic carbocycles. The van der Waals surface area contributed by atoms with E-state index in [9.17, 15) is 26.4 Å². The van der Waals surface area contributed by atoms with Crippen molar-refractivity contribution in [2.24, 2.45) is 0 Å². The van der Waals surface area contributed by atoms with Crippen LogP contribution in [-0.2, 0) is 19.6 Å². The smallest absolute Gasteiger partial charge is 0.422 e. The summed E-state index contributed by atoms with van der Waals surface area (Å²) in [7, 11) is -4.06. The molecule has 0 saturated carbocycles. The van der Waals surface area contributed by atoms with Gasteiger partial charge in [0.2, 0.25) is 10.0 Å². The predicted octanol–water partition coefficient (Wildman–Crippen LogP) is 1.56. The summed E-state index contributed by atoms with van der Waals surface area (Å²) in [5.74, 6) is -0.883. The lowest BCUT2D eigenvalue weighted by Gasteiger charge is -2.42. The average Bonchev–Trinajstić information content (AvgIpc) is 2.77. The molecule has 14 heteroatoms. The van der Waals surface area contributed by atoms with E-state index in [-0.39, 0.29) is 57.3 Å². The topological polar surface area (TPSA) is 108 Å². The molecule has 2 aliphatic rings. The molecule has 2 aliphatic heterocycles. The molecule has 2 saturated heterocycles. The highest BCUT2D eigenvalue weighted by Crippen LogP contribution is 2.34. The fourth-order valence-electron chi connectivity index (χ4n) is 3.76. The van der Waals surface area contributed by atoms with E-state index < -0.39 is 33.5 Å². The first kappa shape index (κ1) is 26.5. The molecule has 3 rings (SSSR count). The van der Waals surface area contributed by atoms with Crippen LogP contribution < -0.4 is 15.1 Å². The van der Waals surface area contributed by atoms with E-state index in [0.717, 1.165) is 0 Å². The van der Waals surface area contributed by atoms with Gasteiger partial charge in [-0.2, -0.15) is 17.5 Å². The lowest BCUT2D eigenvalue weighted by Crippen LogP contribution is -2.62. The minimum absolute atomic E-state index is 0. The minimum atomic E-state index is -4.42. The molecule has 2 fully saturated rings. The molecule has 0 bridgehead atoms. The molecule has 1 aromatic rings. The van der Waals surface area contributed by atoms with E-state index in [1.807, 2.05) is 4.90 Å². The second kappa shape index (κ2) is 10.4. The number of hydroxylamine groups is 1. The van der Waals surface area contributed by atoms with E-state index in [4.69, 9.17) is 9.94 Å². The maximum absolute atomic E-state index is 13.3. The minimum Gasteiger partial charge on any atom is -0.484 e. The SMILES string of the molecule is Cl.O=C(NO)C1(S(=O)(=O)N2CCN(c3ccc(OCC(F)(F)F)cc3)CC2)CCOCC1. The number of rotatable bonds is 6. The fraction of sp³-hybridized carbons (Fsp3) is 0.611. The van der Waals surface area contributed by atoms with Crippen LogP contribution in [0.15, 0.2) is 24.3 Å². The zero-order valence-corrected chi connectivity index (χ0v) is 18.6. The summed E-state index contributed by atoms with van der Waals surface area (Å²) in [6.07, 6.45) is -4.53. The normalized spacial score (nSPS) is 19.7. The van der Waals surface area contributed by atoms with Gasteiger partial charge in [0, 0.05) is 57.9 Å². The van der Waals surface area contributed by atoms with Crippen LogP contribution in [0.1, 0.15) is 12.8 Å². The van der Waals surface area contributed by atoms with Gasteiger partial charge in [0.15, 0.2) is 11.4 Å². The number of amides is 1. The Morgan fingerprint density at radius 1 is 1.12 bits per heavy atom. The van der Waals surface area contributed by atoms with Crippen LogP contribution in [0.2, 0.25) is 0 Å². The van der Waals surface area contributed by atoms with Crippen molar-refractivity contribution in [3.63, 3.8) is 0 Å². The number of piperazine rings is 1. The van der Waals surface area contributed by atoms with Gasteiger partial charge in [-0.1, -0.05) is 0 Å². The summed E-state index contributed by atoms with van der Waals surface area (Å²) in [4.78, 5) is 14.2. The van der Waals surface area contributed by atoms with E-state index in [2.05, 4.69) is 4.74 Å². The highest BCUT2D eigenvalue weighted by Gasteiger charge is 2.54. The largest absolute Gasteiger partial charge is 0.484 e. The molecule has 2 N–H and O–H groups in total. The first-order valence-corrected chi connectivity index (χ1v) is 11.1. The third-order valence-corrected chi connectivity index (χ3v) is 8.12. The number of benzene rings is 1. The summed E-state index contributed by atoms with van der Waals surface area (Å²) in [6.45, 7) is -0.293. The zero-order valence-electron chi connectivity index (χ0n) is 17.0. The second-order valence-corrected chi connectivity index (χ2v) is 9.58. The molecular weight excluding hydrogens is 479 g/mol. The Morgan fingerprint density at radius 2 is 1.69 bits per heavy atom. The number of hydrogen-bond donors (Lipinski definition) is 2. The van der Waals surface area contributed by atoms with Gasteiger partial charge < -0.3 is 14.4 Å². The Bertz CT molecular complexity index is 871. The number of anilines is 1. The number of hydrogen-bond acceptors (Lipinski definition) is 7. The number of ether oxygens (including phenoxy) is 2. The number of nitrogens with one attached hydrogen (secondary N) is 1. The molecule has 182 valence electrons. The Morgan fingerprint density at radius 3 is 2.19 bits per heavy atom. The van der Waals surface area contributed by atoms with Crippen LogP contribution in [0, 0.1) is 0 Å². The number of carbonyl (C=O) groups is 1. The van der Waals surface area contributed by atoms with Crippen LogP contribution in [-0.4, -0.2) is 80.8 Å². The Hall–Kier alpha value is -1.80. The number of nitrogens with zero attached hydrogens (tertiary/aromatic N) is 2. The molecule has 0 radical (unpaired) electrons. The van der Waals surface area contributed by atoms with Crippen molar-refractivity contribution in [1.82, 2.24) is 9.79 Å². The molecule has 0 atom stereocenters. The van der Waals surface area contributed by atoms with Gasteiger partial charge in [0.1, 0.15) is 5.75 Å². The number of alkyl halides is 3. The first-order valence-electron chi connectivity index (χ1n) is 9.66. The maximum Gasteiger partial charge on any atom is 0.422 e. The van der Waals surface area contributed by atoms with Gasteiger partial charge in [-0.05, 0) is 24.3 Å². The molecule has 0 aromatic heterocycles. The van der Waals surface area contributed by atoms with Gasteiger partial charge in [0.05, 0.1) is 0 Å². The predicted molar refractivity (Wildman–Crippen MR) is 111 cm³/mol. The lowest BCUT2D eigenvalue weighted by atomic mass is 9.98. The van der Waals surface area contributed by atoms with Crippen LogP contribution in [0.4, 0.5) is 18.9 Å². The van der Waals surface area contributed by atoms with E-state index >= 15 is 0 Å². The Kier molecular flexibility index (Phi) is 8.62. The molecule has 0 spiro atoms.